The van der Waals surface area contributed by atoms with E-state index in [2.05, 4.69) is 4.90 Å². The Morgan fingerprint density at radius 2 is 1.82 bits per heavy atom. The van der Waals surface area contributed by atoms with Crippen LogP contribution in [-0.4, -0.2) is 42.0 Å². The van der Waals surface area contributed by atoms with Crippen molar-refractivity contribution >= 4 is 29.1 Å². The number of rotatable bonds is 4. The van der Waals surface area contributed by atoms with Crippen molar-refractivity contribution in [3.63, 3.8) is 0 Å². The molecular weight excluding hydrogens is 443 g/mol. The Kier molecular flexibility index (Phi) is 5.79. The maximum absolute atomic E-state index is 14.1. The summed E-state index contributed by atoms with van der Waals surface area (Å²) >= 11 is 6.05. The van der Waals surface area contributed by atoms with Gasteiger partial charge in [0.2, 0.25) is 5.78 Å². The van der Waals surface area contributed by atoms with E-state index in [1.165, 1.54) is 12.1 Å². The first-order valence-electron chi connectivity index (χ1n) is 10.8. The van der Waals surface area contributed by atoms with Crippen LogP contribution in [-0.2, 0) is 6.54 Å². The van der Waals surface area contributed by atoms with Crippen molar-refractivity contribution in [3.8, 4) is 11.5 Å². The molecule has 33 heavy (non-hydrogen) atoms. The number of hydrogen-bond donors (Lipinski definition) is 1. The number of nitrogens with zero attached hydrogens (tertiary/aromatic N) is 2. The number of phenols is 1. The molecule has 1 N–H and O–H groups in total. The predicted octanol–water partition coefficient (Wildman–Crippen LogP) is 5.12. The first-order chi connectivity index (χ1) is 16.0. The van der Waals surface area contributed by atoms with E-state index in [1.54, 1.807) is 42.5 Å². The molecule has 2 aliphatic heterocycles. The normalized spacial score (nSPS) is 17.3. The van der Waals surface area contributed by atoms with Crippen LogP contribution in [0.4, 0.5) is 10.1 Å². The third-order valence-electron chi connectivity index (χ3n) is 6.01. The summed E-state index contributed by atoms with van der Waals surface area (Å²) in [7, 11) is 0. The highest BCUT2D eigenvalue weighted by Crippen LogP contribution is 2.40. The molecule has 1 fully saturated rings. The number of halogens is 2. The average Bonchev–Trinajstić information content (AvgIpc) is 3.12. The molecule has 0 aliphatic carbocycles. The highest BCUT2D eigenvalue weighted by Gasteiger charge is 2.32. The lowest BCUT2D eigenvalue weighted by Gasteiger charge is -2.36. The van der Waals surface area contributed by atoms with E-state index in [4.69, 9.17) is 16.3 Å². The van der Waals surface area contributed by atoms with Crippen molar-refractivity contribution < 1.29 is 19.0 Å². The molecule has 2 aliphatic rings. The Morgan fingerprint density at radius 1 is 1.03 bits per heavy atom. The van der Waals surface area contributed by atoms with Crippen LogP contribution < -0.4 is 9.64 Å². The first-order valence-corrected chi connectivity index (χ1v) is 11.1. The number of fused-ring (bicyclic) bond motifs is 1. The lowest BCUT2D eigenvalue weighted by molar-refractivity contribution is 0.101. The van der Waals surface area contributed by atoms with Crippen molar-refractivity contribution in [1.82, 2.24) is 4.90 Å². The largest absolute Gasteiger partial charge is 0.507 e. The fourth-order valence-corrected chi connectivity index (χ4v) is 4.47. The van der Waals surface area contributed by atoms with Gasteiger partial charge in [-0.25, -0.2) is 4.39 Å². The topological polar surface area (TPSA) is 53.0 Å². The number of ether oxygens (including phenoxy) is 1. The van der Waals surface area contributed by atoms with Gasteiger partial charge in [-0.05, 0) is 48.0 Å². The van der Waals surface area contributed by atoms with Crippen molar-refractivity contribution in [2.75, 3.05) is 31.1 Å². The third-order valence-corrected chi connectivity index (χ3v) is 6.24. The highest BCUT2D eigenvalue weighted by molar-refractivity contribution is 6.30. The number of para-hydroxylation sites is 1. The standard InChI is InChI=1S/C26H22ClFN2O3/c27-18-5-3-4-17(14-18)15-24-25(32)19-8-9-23(31)20(26(19)33-24)16-29-10-12-30(13-11-29)22-7-2-1-6-21(22)28/h1-9,14-15,31H,10-13,16H2/b24-15-. The van der Waals surface area contributed by atoms with Crippen LogP contribution >= 0.6 is 11.6 Å². The minimum atomic E-state index is -0.226. The van der Waals surface area contributed by atoms with Gasteiger partial charge in [-0.3, -0.25) is 9.69 Å². The van der Waals surface area contributed by atoms with Gasteiger partial charge in [-0.1, -0.05) is 35.9 Å². The molecule has 0 spiro atoms. The van der Waals surface area contributed by atoms with Gasteiger partial charge in [-0.15, -0.1) is 0 Å². The van der Waals surface area contributed by atoms with E-state index < -0.39 is 0 Å². The van der Waals surface area contributed by atoms with Gasteiger partial charge in [0, 0.05) is 37.7 Å². The van der Waals surface area contributed by atoms with Crippen LogP contribution in [0.25, 0.3) is 6.08 Å². The van der Waals surface area contributed by atoms with E-state index in [-0.39, 0.29) is 23.1 Å². The number of ketones is 1. The van der Waals surface area contributed by atoms with E-state index in [1.807, 2.05) is 17.0 Å². The molecule has 3 aromatic carbocycles. The summed E-state index contributed by atoms with van der Waals surface area (Å²) in [5, 5.41) is 11.1. The van der Waals surface area contributed by atoms with Gasteiger partial charge < -0.3 is 14.7 Å². The second kappa shape index (κ2) is 8.89. The molecular formula is C26H22ClFN2O3. The summed E-state index contributed by atoms with van der Waals surface area (Å²) in [6.45, 7) is 3.14. The number of phenolic OH excluding ortho intramolecular Hbond substituents is 1. The summed E-state index contributed by atoms with van der Waals surface area (Å²) in [6, 6.07) is 17.1. The van der Waals surface area contributed by atoms with E-state index in [0.717, 1.165) is 5.56 Å². The summed E-state index contributed by atoms with van der Waals surface area (Å²) in [6.07, 6.45) is 1.65. The number of benzene rings is 3. The number of carbonyl (C=O) groups excluding carboxylic acids is 1. The predicted molar refractivity (Wildman–Crippen MR) is 126 cm³/mol. The lowest BCUT2D eigenvalue weighted by Crippen LogP contribution is -2.46. The summed E-state index contributed by atoms with van der Waals surface area (Å²) in [4.78, 5) is 17.1. The fourth-order valence-electron chi connectivity index (χ4n) is 4.28. The van der Waals surface area contributed by atoms with E-state index in [0.29, 0.717) is 60.3 Å². The number of anilines is 1. The molecule has 0 bridgehead atoms. The van der Waals surface area contributed by atoms with E-state index >= 15 is 0 Å². The van der Waals surface area contributed by atoms with Crippen LogP contribution in [0.3, 0.4) is 0 Å². The molecule has 5 nitrogen and oxygen atoms in total. The van der Waals surface area contributed by atoms with Gasteiger partial charge in [0.1, 0.15) is 17.3 Å². The fraction of sp³-hybridized carbons (Fsp3) is 0.192. The van der Waals surface area contributed by atoms with Gasteiger partial charge >= 0.3 is 0 Å². The van der Waals surface area contributed by atoms with Crippen molar-refractivity contribution in [2.24, 2.45) is 0 Å². The Morgan fingerprint density at radius 3 is 2.58 bits per heavy atom. The molecule has 0 radical (unpaired) electrons. The highest BCUT2D eigenvalue weighted by atomic mass is 35.5. The monoisotopic (exact) mass is 464 g/mol. The SMILES string of the molecule is O=C1/C(=C/c2cccc(Cl)c2)Oc2c1ccc(O)c2CN1CCN(c2ccccc2F)CC1. The molecule has 2 heterocycles. The van der Waals surface area contributed by atoms with Crippen LogP contribution in [0.2, 0.25) is 5.02 Å². The number of aromatic hydroxyl groups is 1. The first kappa shape index (κ1) is 21.5. The van der Waals surface area contributed by atoms with Crippen LogP contribution in [0.15, 0.2) is 66.4 Å². The minimum absolute atomic E-state index is 0.0853. The molecule has 5 rings (SSSR count). The molecule has 0 saturated carbocycles. The molecule has 168 valence electrons. The van der Waals surface area contributed by atoms with Crippen LogP contribution in [0, 0.1) is 5.82 Å². The average molecular weight is 465 g/mol. The Labute approximate surface area is 196 Å². The van der Waals surface area contributed by atoms with Gasteiger partial charge in [0.05, 0.1) is 16.8 Å². The summed E-state index contributed by atoms with van der Waals surface area (Å²) < 4.78 is 20.1. The second-order valence-electron chi connectivity index (χ2n) is 8.15. The third kappa shape index (κ3) is 4.32. The van der Waals surface area contributed by atoms with Crippen LogP contribution in [0.1, 0.15) is 21.5 Å². The van der Waals surface area contributed by atoms with E-state index in [9.17, 15) is 14.3 Å². The number of piperazine rings is 1. The van der Waals surface area contributed by atoms with Crippen molar-refractivity contribution in [1.29, 1.82) is 0 Å². The zero-order valence-electron chi connectivity index (χ0n) is 17.8. The molecule has 0 unspecified atom stereocenters. The molecule has 7 heteroatoms. The number of Topliss-reactive ketones (excluding diaryl/α,β-unsaturated/α-hetero) is 1. The summed E-state index contributed by atoms with van der Waals surface area (Å²) in [5.41, 5.74) is 2.37. The molecule has 0 atom stereocenters. The summed E-state index contributed by atoms with van der Waals surface area (Å²) in [5.74, 6) is 0.224. The zero-order valence-corrected chi connectivity index (χ0v) is 18.6. The van der Waals surface area contributed by atoms with Gasteiger partial charge in [0.15, 0.2) is 5.76 Å². The number of hydrogen-bond acceptors (Lipinski definition) is 5. The molecule has 0 amide bonds. The molecule has 0 aromatic heterocycles. The number of carbonyl (C=O) groups is 1. The zero-order chi connectivity index (χ0) is 22.9. The Bertz CT molecular complexity index is 1250. The van der Waals surface area contributed by atoms with Gasteiger partial charge in [-0.2, -0.15) is 0 Å². The maximum atomic E-state index is 14.1. The maximum Gasteiger partial charge on any atom is 0.231 e. The Hall–Kier alpha value is -3.35. The van der Waals surface area contributed by atoms with Crippen molar-refractivity contribution in [3.05, 3.63) is 94.0 Å². The van der Waals surface area contributed by atoms with Crippen LogP contribution in [0.5, 0.6) is 11.5 Å². The number of allylic oxidation sites excluding steroid dienone is 1. The van der Waals surface area contributed by atoms with Crippen molar-refractivity contribution in [2.45, 2.75) is 6.54 Å². The quantitative estimate of drug-likeness (QED) is 0.543. The Balaban J connectivity index is 1.34. The minimum Gasteiger partial charge on any atom is -0.507 e. The molecule has 1 saturated heterocycles. The lowest BCUT2D eigenvalue weighted by atomic mass is 10.0. The second-order valence-corrected chi connectivity index (χ2v) is 8.59. The van der Waals surface area contributed by atoms with Gasteiger partial charge in [0.25, 0.3) is 0 Å². The smallest absolute Gasteiger partial charge is 0.231 e. The molecule has 3 aromatic rings.